The van der Waals surface area contributed by atoms with E-state index in [-0.39, 0.29) is 11.9 Å². The number of carbonyl (C=O) groups excluding carboxylic acids is 1. The lowest BCUT2D eigenvalue weighted by Crippen LogP contribution is -2.28. The first-order valence-corrected chi connectivity index (χ1v) is 10.1. The first kappa shape index (κ1) is 19.2. The number of amides is 1. The SMILES string of the molecule is COc1cccc(-n2nnc(C(=O)NC(C)c3ccc4c(c3)CCCC4)c2C)c1. The van der Waals surface area contributed by atoms with Gasteiger partial charge in [-0.05, 0) is 68.4 Å². The van der Waals surface area contributed by atoms with Crippen LogP contribution in [0.25, 0.3) is 5.69 Å². The summed E-state index contributed by atoms with van der Waals surface area (Å²) in [5.74, 6) is 0.506. The number of benzene rings is 2. The van der Waals surface area contributed by atoms with Gasteiger partial charge in [0.2, 0.25) is 0 Å². The van der Waals surface area contributed by atoms with Crippen molar-refractivity contribution in [2.45, 2.75) is 45.6 Å². The third-order valence-corrected chi connectivity index (χ3v) is 5.63. The number of nitrogens with one attached hydrogen (secondary N) is 1. The molecule has 0 saturated carbocycles. The second kappa shape index (κ2) is 8.07. The van der Waals surface area contributed by atoms with E-state index in [4.69, 9.17) is 4.74 Å². The lowest BCUT2D eigenvalue weighted by atomic mass is 9.89. The minimum atomic E-state index is -0.220. The van der Waals surface area contributed by atoms with Crippen LogP contribution in [-0.4, -0.2) is 28.0 Å². The Kier molecular flexibility index (Phi) is 5.34. The molecule has 1 aliphatic carbocycles. The third-order valence-electron chi connectivity index (χ3n) is 5.63. The summed E-state index contributed by atoms with van der Waals surface area (Å²) < 4.78 is 6.92. The molecule has 3 aromatic rings. The number of aryl methyl sites for hydroxylation is 2. The zero-order valence-electron chi connectivity index (χ0n) is 17.1. The van der Waals surface area contributed by atoms with Gasteiger partial charge < -0.3 is 10.1 Å². The number of hydrogen-bond donors (Lipinski definition) is 1. The largest absolute Gasteiger partial charge is 0.497 e. The van der Waals surface area contributed by atoms with Crippen molar-refractivity contribution < 1.29 is 9.53 Å². The van der Waals surface area contributed by atoms with Crippen LogP contribution in [0.1, 0.15) is 58.7 Å². The molecular weight excluding hydrogens is 364 g/mol. The molecule has 2 aromatic carbocycles. The zero-order chi connectivity index (χ0) is 20.4. The fourth-order valence-electron chi connectivity index (χ4n) is 3.90. The highest BCUT2D eigenvalue weighted by atomic mass is 16.5. The van der Waals surface area contributed by atoms with Gasteiger partial charge in [0.05, 0.1) is 24.5 Å². The van der Waals surface area contributed by atoms with Gasteiger partial charge >= 0.3 is 0 Å². The highest BCUT2D eigenvalue weighted by Gasteiger charge is 2.20. The van der Waals surface area contributed by atoms with E-state index in [1.165, 1.54) is 24.0 Å². The van der Waals surface area contributed by atoms with Crippen molar-refractivity contribution in [2.24, 2.45) is 0 Å². The van der Waals surface area contributed by atoms with E-state index in [2.05, 4.69) is 33.8 Å². The maximum atomic E-state index is 12.9. The Morgan fingerprint density at radius 1 is 1.14 bits per heavy atom. The quantitative estimate of drug-likeness (QED) is 0.716. The molecule has 1 aliphatic rings. The van der Waals surface area contributed by atoms with Crippen LogP contribution in [0.2, 0.25) is 0 Å². The standard InChI is InChI=1S/C23H26N4O2/c1-15(18-12-11-17-7-4-5-8-19(17)13-18)24-23(28)22-16(2)27(26-25-22)20-9-6-10-21(14-20)29-3/h6,9-15H,4-5,7-8H2,1-3H3,(H,24,28). The van der Waals surface area contributed by atoms with E-state index in [0.717, 1.165) is 29.8 Å². The molecule has 0 fully saturated rings. The fraction of sp³-hybridized carbons (Fsp3) is 0.348. The molecule has 1 unspecified atom stereocenters. The number of hydrogen-bond acceptors (Lipinski definition) is 4. The zero-order valence-corrected chi connectivity index (χ0v) is 17.1. The first-order valence-electron chi connectivity index (χ1n) is 10.1. The molecule has 6 heteroatoms. The third kappa shape index (κ3) is 3.88. The molecule has 0 aliphatic heterocycles. The maximum Gasteiger partial charge on any atom is 0.274 e. The number of carbonyl (C=O) groups is 1. The van der Waals surface area contributed by atoms with Gasteiger partial charge in [-0.15, -0.1) is 5.10 Å². The average Bonchev–Trinajstić information content (AvgIpc) is 3.14. The Morgan fingerprint density at radius 3 is 2.72 bits per heavy atom. The van der Waals surface area contributed by atoms with Crippen LogP contribution in [0.4, 0.5) is 0 Å². The summed E-state index contributed by atoms with van der Waals surface area (Å²) in [5, 5.41) is 11.4. The molecule has 1 amide bonds. The first-order chi connectivity index (χ1) is 14.1. The minimum Gasteiger partial charge on any atom is -0.497 e. The molecule has 0 radical (unpaired) electrons. The van der Waals surface area contributed by atoms with Gasteiger partial charge in [0.1, 0.15) is 5.75 Å². The molecule has 1 N–H and O–H groups in total. The lowest BCUT2D eigenvalue weighted by Gasteiger charge is -2.20. The van der Waals surface area contributed by atoms with Gasteiger partial charge in [-0.1, -0.05) is 29.5 Å². The summed E-state index contributed by atoms with van der Waals surface area (Å²) in [5.41, 5.74) is 5.80. The molecule has 0 bridgehead atoms. The van der Waals surface area contributed by atoms with Gasteiger partial charge in [0, 0.05) is 6.07 Å². The Labute approximate surface area is 170 Å². The van der Waals surface area contributed by atoms with Crippen LogP contribution in [0.5, 0.6) is 5.75 Å². The van der Waals surface area contributed by atoms with E-state index in [9.17, 15) is 4.79 Å². The highest BCUT2D eigenvalue weighted by molar-refractivity contribution is 5.93. The molecule has 4 rings (SSSR count). The molecule has 6 nitrogen and oxygen atoms in total. The maximum absolute atomic E-state index is 12.9. The van der Waals surface area contributed by atoms with Gasteiger partial charge in [-0.25, -0.2) is 4.68 Å². The Balaban J connectivity index is 1.52. The normalized spacial score (nSPS) is 14.2. The fourth-order valence-corrected chi connectivity index (χ4v) is 3.90. The molecule has 29 heavy (non-hydrogen) atoms. The molecule has 1 atom stereocenters. The van der Waals surface area contributed by atoms with Gasteiger partial charge in [0.25, 0.3) is 5.91 Å². The summed E-state index contributed by atoms with van der Waals surface area (Å²) in [6.07, 6.45) is 4.78. The molecule has 0 saturated heterocycles. The number of aromatic nitrogens is 3. The number of methoxy groups -OCH3 is 1. The molecule has 1 aromatic heterocycles. The van der Waals surface area contributed by atoms with E-state index < -0.39 is 0 Å². The van der Waals surface area contributed by atoms with E-state index >= 15 is 0 Å². The van der Waals surface area contributed by atoms with Crippen LogP contribution < -0.4 is 10.1 Å². The van der Waals surface area contributed by atoms with Crippen molar-refractivity contribution >= 4 is 5.91 Å². The van der Waals surface area contributed by atoms with Crippen molar-refractivity contribution in [3.8, 4) is 11.4 Å². The number of rotatable bonds is 5. The van der Waals surface area contributed by atoms with E-state index in [0.29, 0.717) is 11.4 Å². The summed E-state index contributed by atoms with van der Waals surface area (Å²) >= 11 is 0. The van der Waals surface area contributed by atoms with Gasteiger partial charge in [0.15, 0.2) is 5.69 Å². The lowest BCUT2D eigenvalue weighted by molar-refractivity contribution is 0.0934. The summed E-state index contributed by atoms with van der Waals surface area (Å²) in [6.45, 7) is 3.85. The average molecular weight is 390 g/mol. The predicted molar refractivity (Wildman–Crippen MR) is 112 cm³/mol. The summed E-state index contributed by atoms with van der Waals surface area (Å²) in [7, 11) is 1.62. The van der Waals surface area contributed by atoms with Gasteiger partial charge in [-0.2, -0.15) is 0 Å². The molecule has 150 valence electrons. The van der Waals surface area contributed by atoms with Crippen molar-refractivity contribution in [3.05, 3.63) is 70.5 Å². The summed E-state index contributed by atoms with van der Waals surface area (Å²) in [4.78, 5) is 12.9. The second-order valence-corrected chi connectivity index (χ2v) is 7.57. The highest BCUT2D eigenvalue weighted by Crippen LogP contribution is 2.25. The van der Waals surface area contributed by atoms with Crippen molar-refractivity contribution in [2.75, 3.05) is 7.11 Å². The number of fused-ring (bicyclic) bond motifs is 1. The van der Waals surface area contributed by atoms with E-state index in [1.54, 1.807) is 11.8 Å². The smallest absolute Gasteiger partial charge is 0.274 e. The van der Waals surface area contributed by atoms with Crippen LogP contribution in [0, 0.1) is 6.92 Å². The Bertz CT molecular complexity index is 1040. The predicted octanol–water partition coefficient (Wildman–Crippen LogP) is 3.95. The van der Waals surface area contributed by atoms with Crippen LogP contribution in [0.3, 0.4) is 0 Å². The number of nitrogens with zero attached hydrogens (tertiary/aromatic N) is 3. The van der Waals surface area contributed by atoms with Crippen LogP contribution >= 0.6 is 0 Å². The Morgan fingerprint density at radius 2 is 1.93 bits per heavy atom. The van der Waals surface area contributed by atoms with E-state index in [1.807, 2.05) is 38.1 Å². The topological polar surface area (TPSA) is 69.0 Å². The molecular formula is C23H26N4O2. The summed E-state index contributed by atoms with van der Waals surface area (Å²) in [6, 6.07) is 14.0. The van der Waals surface area contributed by atoms with Crippen molar-refractivity contribution in [3.63, 3.8) is 0 Å². The van der Waals surface area contributed by atoms with Crippen LogP contribution in [0.15, 0.2) is 42.5 Å². The van der Waals surface area contributed by atoms with Gasteiger partial charge in [-0.3, -0.25) is 4.79 Å². The minimum absolute atomic E-state index is 0.101. The van der Waals surface area contributed by atoms with Crippen molar-refractivity contribution in [1.82, 2.24) is 20.3 Å². The number of ether oxygens (including phenoxy) is 1. The molecule has 0 spiro atoms. The Hall–Kier alpha value is -3.15. The molecule has 1 heterocycles. The van der Waals surface area contributed by atoms with Crippen molar-refractivity contribution in [1.29, 1.82) is 0 Å². The second-order valence-electron chi connectivity index (χ2n) is 7.57. The monoisotopic (exact) mass is 390 g/mol. The van der Waals surface area contributed by atoms with Crippen LogP contribution in [-0.2, 0) is 12.8 Å².